The minimum atomic E-state index is -0.349. The van der Waals surface area contributed by atoms with Crippen LogP contribution in [0.4, 0.5) is 11.4 Å². The zero-order valence-electron chi connectivity index (χ0n) is 10.7. The van der Waals surface area contributed by atoms with Crippen molar-refractivity contribution in [1.29, 1.82) is 0 Å². The second kappa shape index (κ2) is 5.63. The Morgan fingerprint density at radius 1 is 1.47 bits per heavy atom. The number of anilines is 1. The van der Waals surface area contributed by atoms with Crippen molar-refractivity contribution in [2.24, 2.45) is 0 Å². The molecule has 0 aliphatic rings. The summed E-state index contributed by atoms with van der Waals surface area (Å²) in [5.74, 6) is 0. The lowest BCUT2D eigenvalue weighted by Gasteiger charge is -2.20. The molecule has 0 spiro atoms. The molecule has 1 atom stereocenters. The molecule has 5 heteroatoms. The van der Waals surface area contributed by atoms with Crippen molar-refractivity contribution in [2.45, 2.75) is 19.9 Å². The van der Waals surface area contributed by atoms with Crippen molar-refractivity contribution < 1.29 is 4.92 Å². The average molecular weight is 237 g/mol. The molecular formula is C12H19N3O2. The summed E-state index contributed by atoms with van der Waals surface area (Å²) < 4.78 is 0. The fourth-order valence-electron chi connectivity index (χ4n) is 1.83. The second-order valence-corrected chi connectivity index (χ2v) is 4.53. The third-order valence-corrected chi connectivity index (χ3v) is 2.48. The van der Waals surface area contributed by atoms with Crippen molar-refractivity contribution in [3.05, 3.63) is 33.9 Å². The van der Waals surface area contributed by atoms with Crippen LogP contribution in [0.15, 0.2) is 18.2 Å². The van der Waals surface area contributed by atoms with E-state index in [9.17, 15) is 10.1 Å². The maximum Gasteiger partial charge on any atom is 0.292 e. The van der Waals surface area contributed by atoms with Crippen molar-refractivity contribution in [3.8, 4) is 0 Å². The number of nitrogens with one attached hydrogen (secondary N) is 1. The second-order valence-electron chi connectivity index (χ2n) is 4.53. The molecule has 1 unspecified atom stereocenters. The van der Waals surface area contributed by atoms with E-state index in [0.29, 0.717) is 5.69 Å². The minimum absolute atomic E-state index is 0.135. The molecule has 17 heavy (non-hydrogen) atoms. The molecule has 1 aromatic rings. The molecule has 1 N–H and O–H groups in total. The molecule has 0 aromatic heterocycles. The number of nitro groups is 1. The first-order chi connectivity index (χ1) is 7.91. The lowest BCUT2D eigenvalue weighted by atomic mass is 10.1. The first-order valence-electron chi connectivity index (χ1n) is 5.57. The van der Waals surface area contributed by atoms with Crippen LogP contribution in [0.25, 0.3) is 0 Å². The molecule has 0 radical (unpaired) electrons. The molecule has 0 amide bonds. The van der Waals surface area contributed by atoms with E-state index in [-0.39, 0.29) is 16.7 Å². The summed E-state index contributed by atoms with van der Waals surface area (Å²) in [5, 5.41) is 14.1. The van der Waals surface area contributed by atoms with Crippen LogP contribution in [-0.2, 0) is 0 Å². The molecule has 0 saturated carbocycles. The largest absolute Gasteiger partial charge is 0.376 e. The predicted octanol–water partition coefficient (Wildman–Crippen LogP) is 2.27. The van der Waals surface area contributed by atoms with E-state index in [1.807, 2.05) is 38.9 Å². The number of hydrogen-bond acceptors (Lipinski definition) is 4. The van der Waals surface area contributed by atoms with Crippen LogP contribution in [0, 0.1) is 17.0 Å². The molecule has 0 bridgehead atoms. The summed E-state index contributed by atoms with van der Waals surface area (Å²) in [7, 11) is 3.95. The van der Waals surface area contributed by atoms with Gasteiger partial charge < -0.3 is 10.2 Å². The van der Waals surface area contributed by atoms with Crippen molar-refractivity contribution >= 4 is 11.4 Å². The fraction of sp³-hybridized carbons (Fsp3) is 0.500. The Bertz CT molecular complexity index is 405. The van der Waals surface area contributed by atoms with E-state index in [0.717, 1.165) is 12.1 Å². The number of rotatable bonds is 5. The molecule has 0 aliphatic carbocycles. The summed E-state index contributed by atoms with van der Waals surface area (Å²) in [5.41, 5.74) is 1.65. The number of nitro benzene ring substituents is 1. The van der Waals surface area contributed by atoms with Crippen LogP contribution in [0.5, 0.6) is 0 Å². The summed E-state index contributed by atoms with van der Waals surface area (Å²) >= 11 is 0. The molecular weight excluding hydrogens is 218 g/mol. The predicted molar refractivity (Wildman–Crippen MR) is 69.5 cm³/mol. The van der Waals surface area contributed by atoms with E-state index in [1.165, 1.54) is 6.07 Å². The normalized spacial score (nSPS) is 12.5. The van der Waals surface area contributed by atoms with Gasteiger partial charge in [0.05, 0.1) is 4.92 Å². The molecule has 94 valence electrons. The SMILES string of the molecule is Cc1cccc([N+](=O)[O-])c1NC(C)CN(C)C. The monoisotopic (exact) mass is 237 g/mol. The van der Waals surface area contributed by atoms with E-state index in [2.05, 4.69) is 5.32 Å². The van der Waals surface area contributed by atoms with Crippen LogP contribution in [0.3, 0.4) is 0 Å². The van der Waals surface area contributed by atoms with Gasteiger partial charge >= 0.3 is 0 Å². The Kier molecular flexibility index (Phi) is 4.45. The Hall–Kier alpha value is -1.62. The van der Waals surface area contributed by atoms with E-state index in [1.54, 1.807) is 6.07 Å². The van der Waals surface area contributed by atoms with Gasteiger partial charge in [-0.05, 0) is 33.5 Å². The Morgan fingerprint density at radius 2 is 2.12 bits per heavy atom. The highest BCUT2D eigenvalue weighted by Gasteiger charge is 2.17. The molecule has 0 aliphatic heterocycles. The van der Waals surface area contributed by atoms with Gasteiger partial charge in [-0.2, -0.15) is 0 Å². The maximum atomic E-state index is 10.9. The van der Waals surface area contributed by atoms with Crippen LogP contribution < -0.4 is 5.32 Å². The van der Waals surface area contributed by atoms with Crippen LogP contribution >= 0.6 is 0 Å². The van der Waals surface area contributed by atoms with E-state index in [4.69, 9.17) is 0 Å². The first kappa shape index (κ1) is 13.4. The third kappa shape index (κ3) is 3.71. The number of para-hydroxylation sites is 1. The van der Waals surface area contributed by atoms with E-state index < -0.39 is 0 Å². The van der Waals surface area contributed by atoms with Crippen molar-refractivity contribution in [1.82, 2.24) is 4.90 Å². The zero-order chi connectivity index (χ0) is 13.0. The number of aryl methyl sites for hydroxylation is 1. The van der Waals surface area contributed by atoms with Gasteiger partial charge in [-0.15, -0.1) is 0 Å². The third-order valence-electron chi connectivity index (χ3n) is 2.48. The minimum Gasteiger partial charge on any atom is -0.376 e. The van der Waals surface area contributed by atoms with Gasteiger partial charge in [0.15, 0.2) is 0 Å². The molecule has 5 nitrogen and oxygen atoms in total. The van der Waals surface area contributed by atoms with Gasteiger partial charge in [0.25, 0.3) is 5.69 Å². The van der Waals surface area contributed by atoms with Gasteiger partial charge in [-0.1, -0.05) is 12.1 Å². The Morgan fingerprint density at radius 3 is 2.65 bits per heavy atom. The fourth-order valence-corrected chi connectivity index (χ4v) is 1.83. The molecule has 0 fully saturated rings. The Balaban J connectivity index is 2.92. The Labute approximate surface area is 102 Å². The number of hydrogen-bond donors (Lipinski definition) is 1. The quantitative estimate of drug-likeness (QED) is 0.630. The topological polar surface area (TPSA) is 58.4 Å². The summed E-state index contributed by atoms with van der Waals surface area (Å²) in [4.78, 5) is 12.6. The summed E-state index contributed by atoms with van der Waals surface area (Å²) in [6, 6.07) is 5.26. The standard InChI is InChI=1S/C12H19N3O2/c1-9-6-5-7-11(15(16)17)12(9)13-10(2)8-14(3)4/h5-7,10,13H,8H2,1-4H3. The maximum absolute atomic E-state index is 10.9. The lowest BCUT2D eigenvalue weighted by molar-refractivity contribution is -0.384. The molecule has 0 saturated heterocycles. The number of benzene rings is 1. The van der Waals surface area contributed by atoms with Crippen molar-refractivity contribution in [2.75, 3.05) is 26.0 Å². The smallest absolute Gasteiger partial charge is 0.292 e. The van der Waals surface area contributed by atoms with E-state index >= 15 is 0 Å². The summed E-state index contributed by atoms with van der Waals surface area (Å²) in [6.45, 7) is 4.71. The van der Waals surface area contributed by atoms with Gasteiger partial charge in [0.1, 0.15) is 5.69 Å². The lowest BCUT2D eigenvalue weighted by Crippen LogP contribution is -2.30. The van der Waals surface area contributed by atoms with Gasteiger partial charge in [0, 0.05) is 18.7 Å². The van der Waals surface area contributed by atoms with Crippen LogP contribution in [0.2, 0.25) is 0 Å². The summed E-state index contributed by atoms with van der Waals surface area (Å²) in [6.07, 6.45) is 0. The average Bonchev–Trinajstić information content (AvgIpc) is 2.19. The molecule has 1 rings (SSSR count). The van der Waals surface area contributed by atoms with Crippen LogP contribution in [-0.4, -0.2) is 36.5 Å². The van der Waals surface area contributed by atoms with Gasteiger partial charge in [0.2, 0.25) is 0 Å². The molecule has 1 aromatic carbocycles. The highest BCUT2D eigenvalue weighted by Crippen LogP contribution is 2.28. The zero-order valence-corrected chi connectivity index (χ0v) is 10.7. The van der Waals surface area contributed by atoms with Crippen LogP contribution in [0.1, 0.15) is 12.5 Å². The first-order valence-corrected chi connectivity index (χ1v) is 5.57. The number of nitrogens with zero attached hydrogens (tertiary/aromatic N) is 2. The number of likely N-dealkylation sites (N-methyl/N-ethyl adjacent to an activating group) is 1. The van der Waals surface area contributed by atoms with Gasteiger partial charge in [-0.25, -0.2) is 0 Å². The molecule has 0 heterocycles. The van der Waals surface area contributed by atoms with Gasteiger partial charge in [-0.3, -0.25) is 10.1 Å². The highest BCUT2D eigenvalue weighted by atomic mass is 16.6. The van der Waals surface area contributed by atoms with Crippen molar-refractivity contribution in [3.63, 3.8) is 0 Å². The highest BCUT2D eigenvalue weighted by molar-refractivity contribution is 5.66.